The average molecular weight is 240 g/mol. The fourth-order valence-corrected chi connectivity index (χ4v) is 1.56. The van der Waals surface area contributed by atoms with Gasteiger partial charge in [-0.05, 0) is 25.0 Å². The molecule has 0 aliphatic carbocycles. The van der Waals surface area contributed by atoms with E-state index in [0.29, 0.717) is 0 Å². The van der Waals surface area contributed by atoms with Crippen LogP contribution in [0, 0.1) is 0 Å². The summed E-state index contributed by atoms with van der Waals surface area (Å²) in [5, 5.41) is 0. The van der Waals surface area contributed by atoms with E-state index in [1.54, 1.807) is 6.08 Å². The molecule has 0 aliphatic rings. The Kier molecular flexibility index (Phi) is 3.87. The minimum Gasteiger partial charge on any atom is -0.211 e. The summed E-state index contributed by atoms with van der Waals surface area (Å²) in [7, 11) is 0. The van der Waals surface area contributed by atoms with Crippen molar-refractivity contribution >= 4 is 22.0 Å². The lowest BCUT2D eigenvalue weighted by Gasteiger charge is -2.05. The number of isocyanates is 1. The second-order valence-corrected chi connectivity index (χ2v) is 3.72. The Morgan fingerprint density at radius 1 is 1.54 bits per heavy atom. The molecule has 1 aromatic rings. The number of hydrogen-bond acceptors (Lipinski definition) is 2. The van der Waals surface area contributed by atoms with Crippen molar-refractivity contribution in [2.24, 2.45) is 4.99 Å². The SMILES string of the molecule is CC(Cc1ccccc1Br)N=C=O. The number of carbonyl (C=O) groups excluding carboxylic acids is 1. The van der Waals surface area contributed by atoms with Gasteiger partial charge in [0.2, 0.25) is 6.08 Å². The molecule has 0 bridgehead atoms. The zero-order valence-corrected chi connectivity index (χ0v) is 8.91. The summed E-state index contributed by atoms with van der Waals surface area (Å²) in [4.78, 5) is 13.6. The van der Waals surface area contributed by atoms with Gasteiger partial charge in [0.25, 0.3) is 0 Å². The van der Waals surface area contributed by atoms with Crippen molar-refractivity contribution in [3.05, 3.63) is 34.3 Å². The van der Waals surface area contributed by atoms with Gasteiger partial charge in [-0.3, -0.25) is 0 Å². The predicted octanol–water partition coefficient (Wildman–Crippen LogP) is 2.72. The van der Waals surface area contributed by atoms with Crippen LogP contribution < -0.4 is 0 Å². The van der Waals surface area contributed by atoms with Gasteiger partial charge in [-0.15, -0.1) is 0 Å². The molecule has 0 aliphatic heterocycles. The van der Waals surface area contributed by atoms with Gasteiger partial charge in [-0.1, -0.05) is 34.1 Å². The fraction of sp³-hybridized carbons (Fsp3) is 0.300. The van der Waals surface area contributed by atoms with Gasteiger partial charge in [0, 0.05) is 4.47 Å². The van der Waals surface area contributed by atoms with Crippen LogP contribution in [0.5, 0.6) is 0 Å². The first-order valence-electron chi connectivity index (χ1n) is 4.04. The molecule has 1 rings (SSSR count). The molecule has 1 unspecified atom stereocenters. The van der Waals surface area contributed by atoms with E-state index in [1.807, 2.05) is 31.2 Å². The molecular weight excluding hydrogens is 230 g/mol. The molecule has 1 aromatic carbocycles. The van der Waals surface area contributed by atoms with E-state index < -0.39 is 0 Å². The molecule has 0 radical (unpaired) electrons. The van der Waals surface area contributed by atoms with E-state index in [4.69, 9.17) is 0 Å². The zero-order chi connectivity index (χ0) is 9.68. The first kappa shape index (κ1) is 10.2. The third-order valence-corrected chi connectivity index (χ3v) is 2.52. The smallest absolute Gasteiger partial charge is 0.211 e. The van der Waals surface area contributed by atoms with E-state index in [2.05, 4.69) is 20.9 Å². The third kappa shape index (κ3) is 3.13. The Labute approximate surface area is 85.8 Å². The first-order valence-corrected chi connectivity index (χ1v) is 4.83. The predicted molar refractivity (Wildman–Crippen MR) is 55.4 cm³/mol. The summed E-state index contributed by atoms with van der Waals surface area (Å²) in [6.45, 7) is 1.89. The topological polar surface area (TPSA) is 29.4 Å². The number of benzene rings is 1. The normalized spacial score (nSPS) is 11.8. The van der Waals surface area contributed by atoms with Crippen LogP contribution in [-0.4, -0.2) is 12.1 Å². The van der Waals surface area contributed by atoms with Crippen LogP contribution in [0.15, 0.2) is 33.7 Å². The van der Waals surface area contributed by atoms with E-state index in [1.165, 1.54) is 0 Å². The molecule has 0 saturated heterocycles. The molecule has 1 atom stereocenters. The molecule has 2 nitrogen and oxygen atoms in total. The second kappa shape index (κ2) is 4.95. The Morgan fingerprint density at radius 3 is 2.85 bits per heavy atom. The number of halogens is 1. The van der Waals surface area contributed by atoms with Gasteiger partial charge in [0.05, 0.1) is 6.04 Å². The quantitative estimate of drug-likeness (QED) is 0.590. The highest BCUT2D eigenvalue weighted by molar-refractivity contribution is 9.10. The van der Waals surface area contributed by atoms with E-state index in [0.717, 1.165) is 16.5 Å². The molecule has 68 valence electrons. The van der Waals surface area contributed by atoms with Crippen LogP contribution in [-0.2, 0) is 11.2 Å². The Balaban J connectivity index is 2.74. The van der Waals surface area contributed by atoms with Gasteiger partial charge >= 0.3 is 0 Å². The summed E-state index contributed by atoms with van der Waals surface area (Å²) in [5.74, 6) is 0. The monoisotopic (exact) mass is 239 g/mol. The molecule has 0 saturated carbocycles. The van der Waals surface area contributed by atoms with Crippen molar-refractivity contribution in [1.29, 1.82) is 0 Å². The highest BCUT2D eigenvalue weighted by Crippen LogP contribution is 2.17. The van der Waals surface area contributed by atoms with Crippen molar-refractivity contribution in [2.75, 3.05) is 0 Å². The molecule has 13 heavy (non-hydrogen) atoms. The molecule has 0 amide bonds. The molecule has 0 aromatic heterocycles. The maximum atomic E-state index is 9.99. The second-order valence-electron chi connectivity index (χ2n) is 2.86. The lowest BCUT2D eigenvalue weighted by Crippen LogP contribution is -2.02. The number of rotatable bonds is 3. The molecule has 3 heteroatoms. The lowest BCUT2D eigenvalue weighted by molar-refractivity contribution is 0.558. The number of aliphatic imine (C=N–C) groups is 1. The van der Waals surface area contributed by atoms with Crippen molar-refractivity contribution in [3.8, 4) is 0 Å². The fourth-order valence-electron chi connectivity index (χ4n) is 1.12. The summed E-state index contributed by atoms with van der Waals surface area (Å²) in [5.41, 5.74) is 1.16. The van der Waals surface area contributed by atoms with Crippen molar-refractivity contribution in [1.82, 2.24) is 0 Å². The zero-order valence-electron chi connectivity index (χ0n) is 7.33. The maximum Gasteiger partial charge on any atom is 0.235 e. The van der Waals surface area contributed by atoms with Crippen molar-refractivity contribution < 1.29 is 4.79 Å². The van der Waals surface area contributed by atoms with Crippen LogP contribution in [0.25, 0.3) is 0 Å². The first-order chi connectivity index (χ1) is 6.24. The molecule has 0 heterocycles. The minimum absolute atomic E-state index is 0.00352. The van der Waals surface area contributed by atoms with Crippen LogP contribution in [0.4, 0.5) is 0 Å². The average Bonchev–Trinajstić information content (AvgIpc) is 2.09. The van der Waals surface area contributed by atoms with Gasteiger partial charge in [0.1, 0.15) is 0 Å². The van der Waals surface area contributed by atoms with Crippen molar-refractivity contribution in [3.63, 3.8) is 0 Å². The van der Waals surface area contributed by atoms with E-state index in [-0.39, 0.29) is 6.04 Å². The Bertz CT molecular complexity index is 331. The van der Waals surface area contributed by atoms with Crippen molar-refractivity contribution in [2.45, 2.75) is 19.4 Å². The summed E-state index contributed by atoms with van der Waals surface area (Å²) < 4.78 is 1.06. The number of hydrogen-bond donors (Lipinski definition) is 0. The largest absolute Gasteiger partial charge is 0.235 e. The van der Waals surface area contributed by atoms with Crippen LogP contribution >= 0.6 is 15.9 Å². The standard InChI is InChI=1S/C10H10BrNO/c1-8(12-7-13)6-9-4-2-3-5-10(9)11/h2-5,8H,6H2,1H3. The molecule has 0 N–H and O–H groups in total. The van der Waals surface area contributed by atoms with Gasteiger partial charge in [0.15, 0.2) is 0 Å². The van der Waals surface area contributed by atoms with Crippen LogP contribution in [0.1, 0.15) is 12.5 Å². The third-order valence-electron chi connectivity index (χ3n) is 1.75. The van der Waals surface area contributed by atoms with Gasteiger partial charge in [-0.2, -0.15) is 0 Å². The maximum absolute atomic E-state index is 9.99. The summed E-state index contributed by atoms with van der Waals surface area (Å²) in [6.07, 6.45) is 2.33. The number of nitrogens with zero attached hydrogens (tertiary/aromatic N) is 1. The summed E-state index contributed by atoms with van der Waals surface area (Å²) in [6, 6.07) is 7.92. The lowest BCUT2D eigenvalue weighted by atomic mass is 10.1. The molecule has 0 fully saturated rings. The van der Waals surface area contributed by atoms with E-state index in [9.17, 15) is 4.79 Å². The van der Waals surface area contributed by atoms with Crippen LogP contribution in [0.2, 0.25) is 0 Å². The van der Waals surface area contributed by atoms with Gasteiger partial charge in [-0.25, -0.2) is 9.79 Å². The highest BCUT2D eigenvalue weighted by Gasteiger charge is 2.03. The minimum atomic E-state index is -0.00352. The van der Waals surface area contributed by atoms with Crippen LogP contribution in [0.3, 0.4) is 0 Å². The van der Waals surface area contributed by atoms with Gasteiger partial charge < -0.3 is 0 Å². The Morgan fingerprint density at radius 2 is 2.23 bits per heavy atom. The van der Waals surface area contributed by atoms with E-state index >= 15 is 0 Å². The highest BCUT2D eigenvalue weighted by atomic mass is 79.9. The molecular formula is C10H10BrNO. The Hall–Kier alpha value is -0.920. The summed E-state index contributed by atoms with van der Waals surface area (Å²) >= 11 is 3.44. The molecule has 0 spiro atoms.